The van der Waals surface area contributed by atoms with Crippen LogP contribution in [0.5, 0.6) is 5.75 Å². The first-order chi connectivity index (χ1) is 9.34. The summed E-state index contributed by atoms with van der Waals surface area (Å²) in [5.41, 5.74) is 1.25. The summed E-state index contributed by atoms with van der Waals surface area (Å²) in [7, 11) is 0. The Bertz CT molecular complexity index is 697. The molecule has 0 aliphatic carbocycles. The molecular weight excluding hydrogens is 254 g/mol. The highest BCUT2D eigenvalue weighted by molar-refractivity contribution is 7.98. The van der Waals surface area contributed by atoms with E-state index < -0.39 is 0 Å². The lowest BCUT2D eigenvalue weighted by molar-refractivity contribution is 0.481. The van der Waals surface area contributed by atoms with Crippen LogP contribution in [-0.4, -0.2) is 10.1 Å². The van der Waals surface area contributed by atoms with E-state index in [0.717, 1.165) is 16.5 Å². The first-order valence-corrected chi connectivity index (χ1v) is 7.05. The monoisotopic (exact) mass is 267 g/mol. The molecular formula is C16H13NOS. The number of phenols is 1. The molecule has 0 saturated heterocycles. The summed E-state index contributed by atoms with van der Waals surface area (Å²) in [6, 6.07) is 15.7. The van der Waals surface area contributed by atoms with Crippen LogP contribution < -0.4 is 0 Å². The third-order valence-electron chi connectivity index (χ3n) is 3.00. The van der Waals surface area contributed by atoms with Gasteiger partial charge in [0.2, 0.25) is 0 Å². The summed E-state index contributed by atoms with van der Waals surface area (Å²) in [6.07, 6.45) is 3.62. The number of phenolic OH excluding ortho intramolecular Hbond substituents is 1. The highest BCUT2D eigenvalue weighted by Gasteiger charge is 2.05. The highest BCUT2D eigenvalue weighted by atomic mass is 32.2. The number of rotatable bonds is 3. The lowest BCUT2D eigenvalue weighted by Crippen LogP contribution is -1.83. The van der Waals surface area contributed by atoms with E-state index in [0.29, 0.717) is 5.75 Å². The van der Waals surface area contributed by atoms with Gasteiger partial charge in [-0.3, -0.25) is 4.98 Å². The third-order valence-corrected chi connectivity index (χ3v) is 4.15. The first kappa shape index (κ1) is 12.1. The Kier molecular flexibility index (Phi) is 3.38. The predicted octanol–water partition coefficient (Wildman–Crippen LogP) is 4.23. The molecule has 0 aliphatic rings. The van der Waals surface area contributed by atoms with Crippen molar-refractivity contribution in [2.45, 2.75) is 10.6 Å². The molecule has 0 atom stereocenters. The second kappa shape index (κ2) is 5.33. The maximum atomic E-state index is 9.86. The molecule has 2 nitrogen and oxygen atoms in total. The molecule has 3 aromatic rings. The fourth-order valence-corrected chi connectivity index (χ4v) is 3.03. The lowest BCUT2D eigenvalue weighted by atomic mass is 10.1. The van der Waals surface area contributed by atoms with Crippen LogP contribution in [0.15, 0.2) is 65.8 Å². The van der Waals surface area contributed by atoms with Gasteiger partial charge < -0.3 is 5.11 Å². The van der Waals surface area contributed by atoms with Gasteiger partial charge in [0, 0.05) is 28.4 Å². The smallest absolute Gasteiger partial charge is 0.123 e. The van der Waals surface area contributed by atoms with Gasteiger partial charge in [-0.15, -0.1) is 11.8 Å². The van der Waals surface area contributed by atoms with Gasteiger partial charge in [0.05, 0.1) is 0 Å². The molecule has 0 unspecified atom stereocenters. The first-order valence-electron chi connectivity index (χ1n) is 6.07. The zero-order valence-corrected chi connectivity index (χ0v) is 11.1. The molecule has 1 heterocycles. The molecule has 0 fully saturated rings. The van der Waals surface area contributed by atoms with Gasteiger partial charge in [0.25, 0.3) is 0 Å². The fraction of sp³-hybridized carbons (Fsp3) is 0.0625. The van der Waals surface area contributed by atoms with Crippen LogP contribution >= 0.6 is 11.8 Å². The van der Waals surface area contributed by atoms with Crippen molar-refractivity contribution in [1.29, 1.82) is 0 Å². The van der Waals surface area contributed by atoms with E-state index >= 15 is 0 Å². The van der Waals surface area contributed by atoms with E-state index in [9.17, 15) is 5.11 Å². The summed E-state index contributed by atoms with van der Waals surface area (Å²) < 4.78 is 0. The van der Waals surface area contributed by atoms with Gasteiger partial charge in [-0.05, 0) is 35.2 Å². The molecule has 1 aromatic heterocycles. The quantitative estimate of drug-likeness (QED) is 0.721. The van der Waals surface area contributed by atoms with Crippen molar-refractivity contribution in [2.24, 2.45) is 0 Å². The zero-order valence-electron chi connectivity index (χ0n) is 10.3. The van der Waals surface area contributed by atoms with Gasteiger partial charge in [0.15, 0.2) is 0 Å². The number of thioether (sulfide) groups is 1. The zero-order chi connectivity index (χ0) is 13.1. The predicted molar refractivity (Wildman–Crippen MR) is 79.4 cm³/mol. The number of aromatic nitrogens is 1. The Morgan fingerprint density at radius 1 is 0.895 bits per heavy atom. The maximum absolute atomic E-state index is 9.86. The Labute approximate surface area is 116 Å². The summed E-state index contributed by atoms with van der Waals surface area (Å²) in [5, 5.41) is 11.9. The van der Waals surface area contributed by atoms with Gasteiger partial charge >= 0.3 is 0 Å². The SMILES string of the molecule is Oc1ccc(SCc2ccncc2)c2ccccc12. The molecule has 2 aromatic carbocycles. The van der Waals surface area contributed by atoms with Crippen molar-refractivity contribution in [1.82, 2.24) is 4.98 Å². The molecule has 0 aliphatic heterocycles. The van der Waals surface area contributed by atoms with E-state index in [2.05, 4.69) is 4.98 Å². The van der Waals surface area contributed by atoms with Gasteiger partial charge in [-0.25, -0.2) is 0 Å². The van der Waals surface area contributed by atoms with E-state index in [1.165, 1.54) is 10.5 Å². The van der Waals surface area contributed by atoms with E-state index in [4.69, 9.17) is 0 Å². The molecule has 0 amide bonds. The average molecular weight is 267 g/mol. The number of hydrogen-bond donors (Lipinski definition) is 1. The minimum atomic E-state index is 0.337. The number of hydrogen-bond acceptors (Lipinski definition) is 3. The Morgan fingerprint density at radius 2 is 1.63 bits per heavy atom. The van der Waals surface area contributed by atoms with Crippen molar-refractivity contribution in [3.05, 3.63) is 66.5 Å². The number of pyridine rings is 1. The van der Waals surface area contributed by atoms with Gasteiger partial charge in [-0.2, -0.15) is 0 Å². The number of fused-ring (bicyclic) bond motifs is 1. The van der Waals surface area contributed by atoms with Crippen LogP contribution in [-0.2, 0) is 5.75 Å². The number of benzene rings is 2. The van der Waals surface area contributed by atoms with Gasteiger partial charge in [0.1, 0.15) is 5.75 Å². The fourth-order valence-electron chi connectivity index (χ4n) is 2.02. The van der Waals surface area contributed by atoms with Crippen LogP contribution in [0.1, 0.15) is 5.56 Å². The molecule has 19 heavy (non-hydrogen) atoms. The molecule has 94 valence electrons. The standard InChI is InChI=1S/C16H13NOS/c18-15-5-6-16(14-4-2-1-3-13(14)15)19-11-12-7-9-17-10-8-12/h1-10,18H,11H2. The van der Waals surface area contributed by atoms with Crippen LogP contribution in [0.4, 0.5) is 0 Å². The molecule has 0 saturated carbocycles. The normalized spacial score (nSPS) is 10.7. The van der Waals surface area contributed by atoms with Crippen molar-refractivity contribution < 1.29 is 5.11 Å². The lowest BCUT2D eigenvalue weighted by Gasteiger charge is -2.07. The molecule has 1 N–H and O–H groups in total. The molecule has 3 heteroatoms. The summed E-state index contributed by atoms with van der Waals surface area (Å²) in [4.78, 5) is 5.20. The largest absolute Gasteiger partial charge is 0.507 e. The van der Waals surface area contributed by atoms with Gasteiger partial charge in [-0.1, -0.05) is 24.3 Å². The van der Waals surface area contributed by atoms with E-state index in [1.54, 1.807) is 17.8 Å². The summed E-state index contributed by atoms with van der Waals surface area (Å²) >= 11 is 1.77. The number of nitrogens with zero attached hydrogens (tertiary/aromatic N) is 1. The van der Waals surface area contributed by atoms with Crippen molar-refractivity contribution >= 4 is 22.5 Å². The van der Waals surface area contributed by atoms with Crippen LogP contribution in [0.3, 0.4) is 0 Å². The average Bonchev–Trinajstić information content (AvgIpc) is 2.48. The van der Waals surface area contributed by atoms with Crippen LogP contribution in [0.25, 0.3) is 10.8 Å². The summed E-state index contributed by atoms with van der Waals surface area (Å²) in [5.74, 6) is 1.24. The van der Waals surface area contributed by atoms with Crippen LogP contribution in [0, 0.1) is 0 Å². The maximum Gasteiger partial charge on any atom is 0.123 e. The van der Waals surface area contributed by atoms with E-state index in [1.807, 2.05) is 54.9 Å². The van der Waals surface area contributed by atoms with Crippen molar-refractivity contribution in [3.8, 4) is 5.75 Å². The highest BCUT2D eigenvalue weighted by Crippen LogP contribution is 2.34. The second-order valence-corrected chi connectivity index (χ2v) is 5.29. The molecule has 3 rings (SSSR count). The Balaban J connectivity index is 1.91. The molecule has 0 bridgehead atoms. The molecule has 0 radical (unpaired) electrons. The topological polar surface area (TPSA) is 33.1 Å². The second-order valence-electron chi connectivity index (χ2n) is 4.27. The minimum Gasteiger partial charge on any atom is -0.507 e. The third kappa shape index (κ3) is 2.56. The molecule has 0 spiro atoms. The van der Waals surface area contributed by atoms with Crippen LogP contribution in [0.2, 0.25) is 0 Å². The minimum absolute atomic E-state index is 0.337. The summed E-state index contributed by atoms with van der Waals surface area (Å²) in [6.45, 7) is 0. The Hall–Kier alpha value is -2.00. The number of aromatic hydroxyl groups is 1. The van der Waals surface area contributed by atoms with Crippen molar-refractivity contribution in [2.75, 3.05) is 0 Å². The van der Waals surface area contributed by atoms with Crippen molar-refractivity contribution in [3.63, 3.8) is 0 Å². The van der Waals surface area contributed by atoms with E-state index in [-0.39, 0.29) is 0 Å². The Morgan fingerprint density at radius 3 is 2.42 bits per heavy atom.